The molecule has 4 nitrogen and oxygen atoms in total. The molecule has 2 aromatic carbocycles. The Kier molecular flexibility index (Phi) is 5.03. The highest BCUT2D eigenvalue weighted by molar-refractivity contribution is 5.86. The van der Waals surface area contributed by atoms with Crippen molar-refractivity contribution >= 4 is 16.9 Å². The second-order valence-electron chi connectivity index (χ2n) is 9.63. The lowest BCUT2D eigenvalue weighted by Gasteiger charge is -2.45. The molecule has 0 radical (unpaired) electrons. The Morgan fingerprint density at radius 2 is 1.53 bits per heavy atom. The second kappa shape index (κ2) is 7.65. The van der Waals surface area contributed by atoms with E-state index in [2.05, 4.69) is 92.4 Å². The average Bonchev–Trinajstić information content (AvgIpc) is 3.00. The van der Waals surface area contributed by atoms with E-state index in [1.54, 1.807) is 0 Å². The molecule has 2 aliphatic heterocycles. The lowest BCUT2D eigenvalue weighted by molar-refractivity contribution is -0.110. The number of aliphatic hydroxyl groups excluding tert-OH is 2. The third kappa shape index (κ3) is 3.05. The number of para-hydroxylation sites is 2. The zero-order valence-corrected chi connectivity index (χ0v) is 19.2. The molecule has 0 amide bonds. The first-order valence-corrected chi connectivity index (χ1v) is 11.5. The lowest BCUT2D eigenvalue weighted by atomic mass is 9.66. The van der Waals surface area contributed by atoms with E-state index in [-0.39, 0.29) is 17.3 Å². The molecule has 1 fully saturated rings. The zero-order valence-electron chi connectivity index (χ0n) is 19.2. The Morgan fingerprint density at radius 3 is 2.22 bits per heavy atom. The molecule has 2 aromatic rings. The van der Waals surface area contributed by atoms with Crippen LogP contribution in [0.2, 0.25) is 0 Å². The van der Waals surface area contributed by atoms with Crippen molar-refractivity contribution in [3.8, 4) is 0 Å². The van der Waals surface area contributed by atoms with Crippen LogP contribution in [0.1, 0.15) is 31.9 Å². The first kappa shape index (κ1) is 21.0. The summed E-state index contributed by atoms with van der Waals surface area (Å²) in [6.07, 6.45) is 7.09. The van der Waals surface area contributed by atoms with Crippen LogP contribution in [0.5, 0.6) is 0 Å². The van der Waals surface area contributed by atoms with E-state index in [1.165, 1.54) is 11.3 Å². The molecule has 2 atom stereocenters. The van der Waals surface area contributed by atoms with Gasteiger partial charge in [0.15, 0.2) is 0 Å². The van der Waals surface area contributed by atoms with Gasteiger partial charge in [0.2, 0.25) is 0 Å². The summed E-state index contributed by atoms with van der Waals surface area (Å²) in [5.74, 6) is -0.562. The van der Waals surface area contributed by atoms with Crippen molar-refractivity contribution in [1.82, 2.24) is 0 Å². The van der Waals surface area contributed by atoms with Crippen molar-refractivity contribution in [2.24, 2.45) is 11.8 Å². The Balaban J connectivity index is 1.42. The largest absolute Gasteiger partial charge is 0.392 e. The van der Waals surface area contributed by atoms with E-state index in [4.69, 9.17) is 0 Å². The van der Waals surface area contributed by atoms with Crippen LogP contribution in [0, 0.1) is 11.8 Å². The van der Waals surface area contributed by atoms with E-state index in [9.17, 15) is 10.2 Å². The predicted molar refractivity (Wildman–Crippen MR) is 132 cm³/mol. The number of hydrogen-bond donors (Lipinski definition) is 2. The number of nitrogens with zero attached hydrogens (tertiary/aromatic N) is 2. The fourth-order valence-electron chi connectivity index (χ4n) is 5.59. The van der Waals surface area contributed by atoms with Crippen molar-refractivity contribution in [1.29, 1.82) is 0 Å². The van der Waals surface area contributed by atoms with Crippen LogP contribution in [0.15, 0.2) is 78.7 Å². The minimum absolute atomic E-state index is 0.164. The summed E-state index contributed by atoms with van der Waals surface area (Å²) >= 11 is 0. The molecule has 4 heteroatoms. The van der Waals surface area contributed by atoms with Crippen molar-refractivity contribution < 1.29 is 10.2 Å². The standard InChI is InChI=1S/C28H32N2O2/c1-5-30-15-14-18(19-10-6-8-12-23(19)30)16-20-26(31)21(27(20)32)17-25-28(2,3)22-11-7-9-13-24(22)29(25)4/h6-17,20-21,26-27,31-32H,5H2,1-4H3. The van der Waals surface area contributed by atoms with Crippen LogP contribution in [-0.4, -0.2) is 36.0 Å². The van der Waals surface area contributed by atoms with Crippen LogP contribution in [0.3, 0.4) is 0 Å². The maximum atomic E-state index is 11.0. The number of fused-ring (bicyclic) bond motifs is 2. The maximum absolute atomic E-state index is 11.0. The van der Waals surface area contributed by atoms with Gasteiger partial charge in [-0.15, -0.1) is 0 Å². The summed E-state index contributed by atoms with van der Waals surface area (Å²) in [6.45, 7) is 7.45. The summed E-state index contributed by atoms with van der Waals surface area (Å²) in [4.78, 5) is 4.41. The Bertz CT molecular complexity index is 1120. The summed E-state index contributed by atoms with van der Waals surface area (Å²) in [6, 6.07) is 16.7. The smallest absolute Gasteiger partial charge is 0.0716 e. The average molecular weight is 429 g/mol. The van der Waals surface area contributed by atoms with E-state index in [1.807, 2.05) is 18.2 Å². The lowest BCUT2D eigenvalue weighted by Crippen LogP contribution is -2.54. The van der Waals surface area contributed by atoms with Crippen molar-refractivity contribution in [2.45, 2.75) is 38.4 Å². The number of aliphatic hydroxyl groups is 2. The molecular weight excluding hydrogens is 396 g/mol. The van der Waals surface area contributed by atoms with Gasteiger partial charge in [-0.3, -0.25) is 0 Å². The first-order valence-electron chi connectivity index (χ1n) is 11.5. The van der Waals surface area contributed by atoms with Crippen LogP contribution in [-0.2, 0) is 5.41 Å². The van der Waals surface area contributed by atoms with Crippen molar-refractivity contribution in [3.63, 3.8) is 0 Å². The van der Waals surface area contributed by atoms with Gasteiger partial charge in [0.25, 0.3) is 0 Å². The molecule has 0 spiro atoms. The van der Waals surface area contributed by atoms with E-state index >= 15 is 0 Å². The predicted octanol–water partition coefficient (Wildman–Crippen LogP) is 4.70. The molecule has 0 aromatic heterocycles. The molecular formula is C28H32N2O2. The van der Waals surface area contributed by atoms with Crippen molar-refractivity contribution in [2.75, 3.05) is 23.4 Å². The van der Waals surface area contributed by atoms with Gasteiger partial charge >= 0.3 is 0 Å². The fraction of sp³-hybridized carbons (Fsp3) is 0.357. The van der Waals surface area contributed by atoms with Crippen LogP contribution >= 0.6 is 0 Å². The second-order valence-corrected chi connectivity index (χ2v) is 9.63. The maximum Gasteiger partial charge on any atom is 0.0716 e. The van der Waals surface area contributed by atoms with E-state index in [0.29, 0.717) is 0 Å². The van der Waals surface area contributed by atoms with Gasteiger partial charge in [0.05, 0.1) is 12.2 Å². The number of likely N-dealkylation sites (N-methyl/N-ethyl adjacent to an activating group) is 1. The van der Waals surface area contributed by atoms with Crippen molar-refractivity contribution in [3.05, 3.63) is 89.8 Å². The molecule has 3 aliphatic rings. The SMILES string of the molecule is CCN1C=CC(=CC2C(O)C(C=C3N(C)c4ccccc4C3(C)C)C2O)c2ccccc21. The number of allylic oxidation sites excluding steroid dienone is 3. The molecule has 0 bridgehead atoms. The molecule has 0 saturated heterocycles. The van der Waals surface area contributed by atoms with Crippen LogP contribution < -0.4 is 9.80 Å². The van der Waals surface area contributed by atoms with E-state index < -0.39 is 12.2 Å². The zero-order chi connectivity index (χ0) is 22.6. The molecule has 2 N–H and O–H groups in total. The minimum atomic E-state index is -0.609. The highest BCUT2D eigenvalue weighted by Crippen LogP contribution is 2.49. The van der Waals surface area contributed by atoms with Gasteiger partial charge in [-0.25, -0.2) is 0 Å². The third-order valence-electron chi connectivity index (χ3n) is 7.54. The first-order chi connectivity index (χ1) is 15.3. The third-order valence-corrected chi connectivity index (χ3v) is 7.54. The van der Waals surface area contributed by atoms with E-state index in [0.717, 1.165) is 29.1 Å². The number of benzene rings is 2. The normalized spacial score (nSPS) is 30.4. The number of hydrogen-bond acceptors (Lipinski definition) is 4. The van der Waals surface area contributed by atoms with Gasteiger partial charge in [0.1, 0.15) is 0 Å². The van der Waals surface area contributed by atoms with Crippen LogP contribution in [0.4, 0.5) is 11.4 Å². The molecule has 166 valence electrons. The Morgan fingerprint density at radius 1 is 0.906 bits per heavy atom. The molecule has 2 unspecified atom stereocenters. The quantitative estimate of drug-likeness (QED) is 0.744. The monoisotopic (exact) mass is 428 g/mol. The van der Waals surface area contributed by atoms with Gasteiger partial charge in [-0.2, -0.15) is 0 Å². The van der Waals surface area contributed by atoms with Crippen LogP contribution in [0.25, 0.3) is 5.57 Å². The summed E-state index contributed by atoms with van der Waals surface area (Å²) in [7, 11) is 2.07. The Labute approximate surface area is 190 Å². The fourth-order valence-corrected chi connectivity index (χ4v) is 5.59. The number of anilines is 2. The molecule has 1 saturated carbocycles. The van der Waals surface area contributed by atoms with Gasteiger partial charge in [-0.05, 0) is 36.3 Å². The summed E-state index contributed by atoms with van der Waals surface area (Å²) < 4.78 is 0. The topological polar surface area (TPSA) is 46.9 Å². The number of rotatable bonds is 3. The molecule has 5 rings (SSSR count). The van der Waals surface area contributed by atoms with Gasteiger partial charge < -0.3 is 20.0 Å². The van der Waals surface area contributed by atoms with Gasteiger partial charge in [0, 0.05) is 59.7 Å². The highest BCUT2D eigenvalue weighted by Gasteiger charge is 2.49. The molecule has 2 heterocycles. The minimum Gasteiger partial charge on any atom is -0.392 e. The molecule has 32 heavy (non-hydrogen) atoms. The summed E-state index contributed by atoms with van der Waals surface area (Å²) in [5.41, 5.74) is 6.81. The summed E-state index contributed by atoms with van der Waals surface area (Å²) in [5, 5.41) is 22.1. The van der Waals surface area contributed by atoms with Gasteiger partial charge in [-0.1, -0.05) is 62.4 Å². The molecule has 1 aliphatic carbocycles. The highest BCUT2D eigenvalue weighted by atomic mass is 16.3. The Hall–Kier alpha value is -2.82.